The molecule has 1 atom stereocenters. The lowest BCUT2D eigenvalue weighted by atomic mass is 10.1. The number of aryl methyl sites for hydroxylation is 2. The van der Waals surface area contributed by atoms with Crippen molar-refractivity contribution in [2.75, 3.05) is 13.7 Å². The first kappa shape index (κ1) is 22.0. The van der Waals surface area contributed by atoms with E-state index in [0.29, 0.717) is 12.1 Å². The molecule has 0 aliphatic heterocycles. The van der Waals surface area contributed by atoms with Gasteiger partial charge in [-0.2, -0.15) is 0 Å². The van der Waals surface area contributed by atoms with Crippen molar-refractivity contribution in [1.82, 2.24) is 9.88 Å². The first-order valence-corrected chi connectivity index (χ1v) is 9.32. The maximum atomic E-state index is 12.2. The van der Waals surface area contributed by atoms with E-state index in [1.807, 2.05) is 30.3 Å². The van der Waals surface area contributed by atoms with Crippen LogP contribution in [0.3, 0.4) is 0 Å². The number of carbonyl (C=O) groups is 3. The first-order chi connectivity index (χ1) is 14.0. The second-order valence-corrected chi connectivity index (χ2v) is 6.34. The highest BCUT2D eigenvalue weighted by molar-refractivity contribution is 5.89. The Morgan fingerprint density at radius 1 is 1.10 bits per heavy atom. The second-order valence-electron chi connectivity index (χ2n) is 6.34. The minimum absolute atomic E-state index is 0.0895. The van der Waals surface area contributed by atoms with Gasteiger partial charge in [0.1, 0.15) is 18.3 Å². The summed E-state index contributed by atoms with van der Waals surface area (Å²) in [6.45, 7) is 2.09. The highest BCUT2D eigenvalue weighted by Gasteiger charge is 2.24. The molecule has 8 nitrogen and oxygen atoms in total. The number of esters is 2. The summed E-state index contributed by atoms with van der Waals surface area (Å²) in [6.07, 6.45) is 1.64. The quantitative estimate of drug-likeness (QED) is 0.512. The van der Waals surface area contributed by atoms with E-state index >= 15 is 0 Å². The van der Waals surface area contributed by atoms with Crippen LogP contribution in [0.2, 0.25) is 0 Å². The molecule has 0 saturated heterocycles. The fourth-order valence-electron chi connectivity index (χ4n) is 2.86. The predicted molar refractivity (Wildman–Crippen MR) is 105 cm³/mol. The van der Waals surface area contributed by atoms with Gasteiger partial charge in [-0.05, 0) is 37.0 Å². The van der Waals surface area contributed by atoms with E-state index in [1.54, 1.807) is 30.8 Å². The number of carbonyl (C=O) groups excluding carboxylic acids is 3. The Labute approximate surface area is 169 Å². The summed E-state index contributed by atoms with van der Waals surface area (Å²) in [5.74, 6) is -1.02. The van der Waals surface area contributed by atoms with Gasteiger partial charge in [-0.1, -0.05) is 30.3 Å². The molecule has 1 aromatic heterocycles. The topological polar surface area (TPSA) is 95.9 Å². The molecule has 1 aromatic carbocycles. The molecule has 0 fully saturated rings. The lowest BCUT2D eigenvalue weighted by Crippen LogP contribution is -2.42. The van der Waals surface area contributed by atoms with Gasteiger partial charge < -0.3 is 24.1 Å². The Morgan fingerprint density at radius 3 is 2.48 bits per heavy atom. The lowest BCUT2D eigenvalue weighted by molar-refractivity contribution is -0.143. The number of nitrogens with zero attached hydrogens (tertiary/aromatic N) is 1. The Hall–Kier alpha value is -3.29. The Balaban J connectivity index is 1.98. The third-order valence-electron chi connectivity index (χ3n) is 4.32. The molecule has 2 rings (SSSR count). The van der Waals surface area contributed by atoms with Crippen LogP contribution in [-0.4, -0.2) is 42.4 Å². The van der Waals surface area contributed by atoms with Crippen molar-refractivity contribution < 1.29 is 28.6 Å². The number of nitrogens with one attached hydrogen (secondary N) is 1. The fourth-order valence-corrected chi connectivity index (χ4v) is 2.86. The normalized spacial score (nSPS) is 11.4. The first-order valence-electron chi connectivity index (χ1n) is 9.32. The van der Waals surface area contributed by atoms with E-state index in [9.17, 15) is 14.4 Å². The Morgan fingerprint density at radius 2 is 1.83 bits per heavy atom. The second kappa shape index (κ2) is 10.9. The third kappa shape index (κ3) is 6.38. The van der Waals surface area contributed by atoms with E-state index in [0.717, 1.165) is 11.1 Å². The molecular weight excluding hydrogens is 376 g/mol. The van der Waals surface area contributed by atoms with Gasteiger partial charge in [0.25, 0.3) is 0 Å². The zero-order chi connectivity index (χ0) is 21.2. The molecule has 0 radical (unpaired) electrons. The molecule has 1 unspecified atom stereocenters. The summed E-state index contributed by atoms with van der Waals surface area (Å²) in [7, 11) is 2.99. The zero-order valence-corrected chi connectivity index (χ0v) is 16.8. The number of aromatic nitrogens is 1. The predicted octanol–water partition coefficient (Wildman–Crippen LogP) is 2.60. The molecule has 0 spiro atoms. The maximum absolute atomic E-state index is 12.2. The van der Waals surface area contributed by atoms with Gasteiger partial charge >= 0.3 is 18.0 Å². The molecule has 1 heterocycles. The molecular formula is C21H26N2O6. The van der Waals surface area contributed by atoms with E-state index in [1.165, 1.54) is 7.11 Å². The maximum Gasteiger partial charge on any atom is 0.408 e. The SMILES string of the molecule is CCOC(=O)c1c(CCC(NC(=O)OCc2ccccc2)C(=O)OC)ccn1C. The van der Waals surface area contributed by atoms with Crippen molar-refractivity contribution in [2.24, 2.45) is 7.05 Å². The van der Waals surface area contributed by atoms with Gasteiger partial charge in [-0.3, -0.25) is 0 Å². The van der Waals surface area contributed by atoms with Gasteiger partial charge in [-0.25, -0.2) is 14.4 Å². The number of amides is 1. The largest absolute Gasteiger partial charge is 0.467 e. The van der Waals surface area contributed by atoms with Crippen molar-refractivity contribution >= 4 is 18.0 Å². The van der Waals surface area contributed by atoms with Crippen LogP contribution in [0.1, 0.15) is 35.0 Å². The number of benzene rings is 1. The van der Waals surface area contributed by atoms with Gasteiger partial charge in [-0.15, -0.1) is 0 Å². The third-order valence-corrected chi connectivity index (χ3v) is 4.32. The minimum atomic E-state index is -0.904. The van der Waals surface area contributed by atoms with E-state index in [-0.39, 0.29) is 19.6 Å². The van der Waals surface area contributed by atoms with Crippen LogP contribution in [0.15, 0.2) is 42.6 Å². The molecule has 8 heteroatoms. The van der Waals surface area contributed by atoms with Crippen LogP contribution in [0.4, 0.5) is 4.79 Å². The Kier molecular flexibility index (Phi) is 8.27. The van der Waals surface area contributed by atoms with Crippen molar-refractivity contribution in [3.8, 4) is 0 Å². The van der Waals surface area contributed by atoms with Gasteiger partial charge in [0, 0.05) is 13.2 Å². The van der Waals surface area contributed by atoms with E-state index < -0.39 is 24.1 Å². The van der Waals surface area contributed by atoms with Gasteiger partial charge in [0.05, 0.1) is 13.7 Å². The standard InChI is InChI=1S/C21H26N2O6/c1-4-28-20(25)18-16(12-13-23(18)2)10-11-17(19(24)27-3)22-21(26)29-14-15-8-6-5-7-9-15/h5-9,12-13,17H,4,10-11,14H2,1-3H3,(H,22,26). The summed E-state index contributed by atoms with van der Waals surface area (Å²) in [6, 6.07) is 10.1. The number of methoxy groups -OCH3 is 1. The number of ether oxygens (including phenoxy) is 3. The smallest absolute Gasteiger partial charge is 0.408 e. The van der Waals surface area contributed by atoms with Crippen LogP contribution < -0.4 is 5.32 Å². The van der Waals surface area contributed by atoms with E-state index in [4.69, 9.17) is 14.2 Å². The summed E-state index contributed by atoms with van der Waals surface area (Å²) in [5.41, 5.74) is 1.97. The van der Waals surface area contributed by atoms with E-state index in [2.05, 4.69) is 5.32 Å². The van der Waals surface area contributed by atoms with Crippen LogP contribution in [0.25, 0.3) is 0 Å². The van der Waals surface area contributed by atoms with Gasteiger partial charge in [0.2, 0.25) is 0 Å². The Bertz CT molecular complexity index is 831. The molecule has 0 aliphatic rings. The molecule has 0 bridgehead atoms. The summed E-state index contributed by atoms with van der Waals surface area (Å²) < 4.78 is 16.7. The van der Waals surface area contributed by atoms with Crippen LogP contribution in [0.5, 0.6) is 0 Å². The highest BCUT2D eigenvalue weighted by atomic mass is 16.6. The summed E-state index contributed by atoms with van der Waals surface area (Å²) >= 11 is 0. The van der Waals surface area contributed by atoms with Crippen molar-refractivity contribution in [2.45, 2.75) is 32.4 Å². The molecule has 156 valence electrons. The molecule has 1 amide bonds. The molecule has 29 heavy (non-hydrogen) atoms. The zero-order valence-electron chi connectivity index (χ0n) is 16.8. The molecule has 1 N–H and O–H groups in total. The average Bonchev–Trinajstić information content (AvgIpc) is 3.10. The van der Waals surface area contributed by atoms with Gasteiger partial charge in [0.15, 0.2) is 0 Å². The van der Waals surface area contributed by atoms with Crippen molar-refractivity contribution in [3.05, 3.63) is 59.4 Å². The summed E-state index contributed by atoms with van der Waals surface area (Å²) in [4.78, 5) is 36.3. The highest BCUT2D eigenvalue weighted by Crippen LogP contribution is 2.15. The van der Waals surface area contributed by atoms with Crippen LogP contribution >= 0.6 is 0 Å². The number of rotatable bonds is 9. The number of hydrogen-bond donors (Lipinski definition) is 1. The minimum Gasteiger partial charge on any atom is -0.467 e. The monoisotopic (exact) mass is 402 g/mol. The molecule has 2 aromatic rings. The van der Waals surface area contributed by atoms with Crippen LogP contribution in [-0.2, 0) is 39.1 Å². The van der Waals surface area contributed by atoms with Crippen molar-refractivity contribution in [1.29, 1.82) is 0 Å². The van der Waals surface area contributed by atoms with Crippen LogP contribution in [0, 0.1) is 0 Å². The average molecular weight is 402 g/mol. The van der Waals surface area contributed by atoms with Crippen molar-refractivity contribution in [3.63, 3.8) is 0 Å². The molecule has 0 saturated carbocycles. The summed E-state index contributed by atoms with van der Waals surface area (Å²) in [5, 5.41) is 2.53. The number of alkyl carbamates (subject to hydrolysis) is 1. The molecule has 0 aliphatic carbocycles. The lowest BCUT2D eigenvalue weighted by Gasteiger charge is -2.16. The fraction of sp³-hybridized carbons (Fsp3) is 0.381. The number of hydrogen-bond acceptors (Lipinski definition) is 6.